The molecule has 0 spiro atoms. The number of nitrogens with zero attached hydrogens (tertiary/aromatic N) is 3. The van der Waals surface area contributed by atoms with Gasteiger partial charge in [0.2, 0.25) is 0 Å². The Kier molecular flexibility index (Phi) is 3.75. The van der Waals surface area contributed by atoms with E-state index in [1.54, 1.807) is 25.1 Å². The number of benzene rings is 1. The van der Waals surface area contributed by atoms with Crippen molar-refractivity contribution in [1.82, 2.24) is 20.2 Å². The summed E-state index contributed by atoms with van der Waals surface area (Å²) >= 11 is 0. The molecule has 0 atom stereocenters. The number of nitrogens with one attached hydrogen (secondary N) is 2. The number of pyridine rings is 1. The molecule has 2 aromatic heterocycles. The quantitative estimate of drug-likeness (QED) is 0.659. The first-order chi connectivity index (χ1) is 11.6. The molecule has 0 saturated carbocycles. The van der Waals surface area contributed by atoms with Crippen LogP contribution >= 0.6 is 0 Å². The van der Waals surface area contributed by atoms with Gasteiger partial charge in [-0.1, -0.05) is 12.1 Å². The third kappa shape index (κ3) is 2.28. The van der Waals surface area contributed by atoms with E-state index in [-0.39, 0.29) is 10.8 Å². The van der Waals surface area contributed by atoms with Crippen LogP contribution in [0.25, 0.3) is 22.9 Å². The molecule has 2 N–H and O–H groups in total. The Morgan fingerprint density at radius 1 is 1.42 bits per heavy atom. The summed E-state index contributed by atoms with van der Waals surface area (Å²) < 4.78 is 5.83. The van der Waals surface area contributed by atoms with E-state index in [9.17, 15) is 14.9 Å². The zero-order chi connectivity index (χ0) is 17.3. The molecule has 0 unspecified atom stereocenters. The van der Waals surface area contributed by atoms with Gasteiger partial charge in [-0.25, -0.2) is 15.2 Å². The zero-order valence-corrected chi connectivity index (χ0v) is 13.0. The van der Waals surface area contributed by atoms with Crippen molar-refractivity contribution in [3.8, 4) is 6.07 Å². The molecule has 2 heterocycles. The highest BCUT2D eigenvalue weighted by atomic mass is 16.5. The molecule has 24 heavy (non-hydrogen) atoms. The molecule has 120 valence electrons. The molecule has 0 saturated heterocycles. The first kappa shape index (κ1) is 15.3. The van der Waals surface area contributed by atoms with Crippen LogP contribution in [0.4, 0.5) is 4.79 Å². The monoisotopic (exact) mass is 323 g/mol. The molecule has 8 nitrogen and oxygen atoms in total. The Balaban J connectivity index is 2.33. The Morgan fingerprint density at radius 3 is 2.88 bits per heavy atom. The summed E-state index contributed by atoms with van der Waals surface area (Å²) in [6.07, 6.45) is 0.620. The molecule has 3 rings (SSSR count). The second kappa shape index (κ2) is 5.89. The molecule has 0 aliphatic carbocycles. The van der Waals surface area contributed by atoms with E-state index in [1.165, 1.54) is 17.7 Å². The van der Waals surface area contributed by atoms with Crippen molar-refractivity contribution >= 4 is 29.0 Å². The number of carbonyl (C=O) groups excluding carboxylic acids is 1. The van der Waals surface area contributed by atoms with Crippen LogP contribution in [0.15, 0.2) is 29.1 Å². The maximum atomic E-state index is 12.8. The van der Waals surface area contributed by atoms with Gasteiger partial charge in [0.15, 0.2) is 5.65 Å². The van der Waals surface area contributed by atoms with Gasteiger partial charge in [0.05, 0.1) is 28.9 Å². The average Bonchev–Trinajstić information content (AvgIpc) is 2.97. The molecular formula is C16H13N5O3. The first-order valence-electron chi connectivity index (χ1n) is 7.02. The predicted octanol–water partition coefficient (Wildman–Crippen LogP) is 0.345. The standard InChI is InChI=1S/C16H13N5O3/c1-9-10(7-17)14-19-12-5-3-4-6-13(12)21(14)15(22)11(9)8-18-20-16(23)24-2/h3-6,8,18H,1-2H3,(H,20,23). The van der Waals surface area contributed by atoms with Crippen molar-refractivity contribution in [2.24, 2.45) is 0 Å². The SMILES string of the molecule is COC(=O)NNC=c1c(C)c(C#N)c2nc3ccccc3n2c1=O. The number of para-hydroxylation sites is 2. The third-order valence-electron chi connectivity index (χ3n) is 3.68. The highest BCUT2D eigenvalue weighted by Gasteiger charge is 2.15. The van der Waals surface area contributed by atoms with E-state index in [0.29, 0.717) is 27.8 Å². The summed E-state index contributed by atoms with van der Waals surface area (Å²) in [5, 5.41) is 9.73. The van der Waals surface area contributed by atoms with E-state index in [2.05, 4.69) is 26.6 Å². The van der Waals surface area contributed by atoms with Crippen LogP contribution in [-0.4, -0.2) is 22.6 Å². The molecule has 0 fully saturated rings. The van der Waals surface area contributed by atoms with Gasteiger partial charge in [-0.3, -0.25) is 9.20 Å². The van der Waals surface area contributed by atoms with E-state index in [4.69, 9.17) is 0 Å². The Morgan fingerprint density at radius 2 is 2.17 bits per heavy atom. The largest absolute Gasteiger partial charge is 0.452 e. The lowest BCUT2D eigenvalue weighted by molar-refractivity contribution is 0.168. The van der Waals surface area contributed by atoms with Gasteiger partial charge < -0.3 is 10.2 Å². The fourth-order valence-electron chi connectivity index (χ4n) is 2.50. The Labute approximate surface area is 135 Å². The van der Waals surface area contributed by atoms with Crippen LogP contribution in [0.2, 0.25) is 0 Å². The molecule has 0 radical (unpaired) electrons. The van der Waals surface area contributed by atoms with Gasteiger partial charge in [0.25, 0.3) is 5.56 Å². The summed E-state index contributed by atoms with van der Waals surface area (Å²) in [5.74, 6) is 0. The number of fused-ring (bicyclic) bond motifs is 3. The predicted molar refractivity (Wildman–Crippen MR) is 86.8 cm³/mol. The van der Waals surface area contributed by atoms with Gasteiger partial charge in [-0.15, -0.1) is 0 Å². The van der Waals surface area contributed by atoms with Crippen molar-refractivity contribution in [1.29, 1.82) is 5.26 Å². The summed E-state index contributed by atoms with van der Waals surface area (Å²) in [7, 11) is 1.22. The number of imidazole rings is 1. The maximum Gasteiger partial charge on any atom is 0.425 e. The van der Waals surface area contributed by atoms with Crippen LogP contribution in [0, 0.1) is 18.3 Å². The van der Waals surface area contributed by atoms with E-state index < -0.39 is 6.09 Å². The minimum atomic E-state index is -0.703. The van der Waals surface area contributed by atoms with Gasteiger partial charge in [-0.2, -0.15) is 5.26 Å². The average molecular weight is 323 g/mol. The number of rotatable bonds is 2. The van der Waals surface area contributed by atoms with Crippen molar-refractivity contribution in [2.45, 2.75) is 6.92 Å². The number of nitriles is 1. The fraction of sp³-hybridized carbons (Fsp3) is 0.125. The highest BCUT2D eigenvalue weighted by molar-refractivity contribution is 5.82. The zero-order valence-electron chi connectivity index (χ0n) is 13.0. The van der Waals surface area contributed by atoms with Crippen molar-refractivity contribution in [3.63, 3.8) is 0 Å². The van der Waals surface area contributed by atoms with Crippen molar-refractivity contribution in [3.05, 3.63) is 51.0 Å². The Bertz CT molecular complexity index is 1110. The summed E-state index contributed by atoms with van der Waals surface area (Å²) in [4.78, 5) is 28.3. The molecule has 8 heteroatoms. The van der Waals surface area contributed by atoms with Crippen molar-refractivity contribution < 1.29 is 9.53 Å². The molecule has 1 amide bonds. The van der Waals surface area contributed by atoms with Gasteiger partial charge in [-0.05, 0) is 24.6 Å². The summed E-state index contributed by atoms with van der Waals surface area (Å²) in [5.41, 5.74) is 6.74. The lowest BCUT2D eigenvalue weighted by Gasteiger charge is -2.04. The normalized spacial score (nSPS) is 11.5. The van der Waals surface area contributed by atoms with E-state index in [1.807, 2.05) is 6.07 Å². The minimum absolute atomic E-state index is 0.249. The molecule has 3 aromatic rings. The van der Waals surface area contributed by atoms with Crippen LogP contribution < -0.4 is 21.6 Å². The molecular weight excluding hydrogens is 310 g/mol. The lowest BCUT2D eigenvalue weighted by Crippen LogP contribution is -2.40. The second-order valence-corrected chi connectivity index (χ2v) is 5.00. The smallest absolute Gasteiger partial charge is 0.425 e. The number of hydrogen-bond acceptors (Lipinski definition) is 6. The van der Waals surface area contributed by atoms with Crippen LogP contribution in [0.3, 0.4) is 0 Å². The van der Waals surface area contributed by atoms with Crippen molar-refractivity contribution in [2.75, 3.05) is 7.11 Å². The van der Waals surface area contributed by atoms with Gasteiger partial charge >= 0.3 is 6.09 Å². The first-order valence-corrected chi connectivity index (χ1v) is 7.02. The maximum absolute atomic E-state index is 12.8. The van der Waals surface area contributed by atoms with Crippen LogP contribution in [-0.2, 0) is 4.74 Å². The number of amides is 1. The molecule has 0 aliphatic heterocycles. The fourth-order valence-corrected chi connectivity index (χ4v) is 2.50. The highest BCUT2D eigenvalue weighted by Crippen LogP contribution is 2.17. The van der Waals surface area contributed by atoms with Crippen LogP contribution in [0.5, 0.6) is 0 Å². The molecule has 1 aromatic carbocycles. The van der Waals surface area contributed by atoms with Gasteiger partial charge in [0.1, 0.15) is 6.07 Å². The lowest BCUT2D eigenvalue weighted by atomic mass is 10.1. The number of ether oxygens (including phenoxy) is 1. The second-order valence-electron chi connectivity index (χ2n) is 5.00. The number of aromatic nitrogens is 2. The number of hydrogen-bond donors (Lipinski definition) is 2. The number of carbonyl (C=O) groups is 1. The summed E-state index contributed by atoms with van der Waals surface area (Å²) in [6, 6.07) is 9.24. The number of hydrazine groups is 1. The summed E-state index contributed by atoms with van der Waals surface area (Å²) in [6.45, 7) is 1.66. The van der Waals surface area contributed by atoms with Crippen LogP contribution in [0.1, 0.15) is 11.1 Å². The Hall–Kier alpha value is -3.60. The third-order valence-corrected chi connectivity index (χ3v) is 3.68. The molecule has 0 aliphatic rings. The minimum Gasteiger partial charge on any atom is -0.452 e. The van der Waals surface area contributed by atoms with E-state index in [0.717, 1.165) is 0 Å². The molecule has 0 bridgehead atoms. The van der Waals surface area contributed by atoms with E-state index >= 15 is 0 Å². The van der Waals surface area contributed by atoms with Gasteiger partial charge in [0, 0.05) is 6.20 Å². The topological polar surface area (TPSA) is 109 Å². The number of methoxy groups -OCH3 is 1.